The number of carbonyl (C=O) groups excluding carboxylic acids is 4. The molecule has 0 saturated heterocycles. The predicted octanol–water partition coefficient (Wildman–Crippen LogP) is -1.31. The van der Waals surface area contributed by atoms with Crippen LogP contribution in [0.15, 0.2) is 0 Å². The smallest absolute Gasteiger partial charge is 0.326 e. The van der Waals surface area contributed by atoms with Gasteiger partial charge in [0.15, 0.2) is 0 Å². The van der Waals surface area contributed by atoms with Crippen LogP contribution in [0.5, 0.6) is 0 Å². The van der Waals surface area contributed by atoms with Crippen LogP contribution in [0.4, 0.5) is 0 Å². The van der Waals surface area contributed by atoms with Crippen LogP contribution in [0.1, 0.15) is 59.8 Å². The summed E-state index contributed by atoms with van der Waals surface area (Å²) in [6, 6.07) is -4.88. The summed E-state index contributed by atoms with van der Waals surface area (Å²) in [5, 5.41) is 25.5. The van der Waals surface area contributed by atoms with Crippen LogP contribution in [0.3, 0.4) is 0 Å². The number of hydrogen-bond acceptors (Lipinski definition) is 7. The molecule has 9 N–H and O–H groups in total. The van der Waals surface area contributed by atoms with Gasteiger partial charge in [-0.1, -0.05) is 34.1 Å². The fourth-order valence-corrected chi connectivity index (χ4v) is 2.87. The number of carboxylic acid groups (broad SMARTS) is 2. The van der Waals surface area contributed by atoms with Gasteiger partial charge in [-0.05, 0) is 24.7 Å². The summed E-state index contributed by atoms with van der Waals surface area (Å²) >= 11 is 0. The number of nitrogens with one attached hydrogen (secondary N) is 3. The van der Waals surface area contributed by atoms with E-state index in [0.29, 0.717) is 6.42 Å². The highest BCUT2D eigenvalue weighted by Gasteiger charge is 2.32. The Morgan fingerprint density at radius 3 is 1.68 bits per heavy atom. The third-order valence-corrected chi connectivity index (χ3v) is 5.39. The molecule has 0 aromatic carbocycles. The molecule has 0 radical (unpaired) electrons. The van der Waals surface area contributed by atoms with Gasteiger partial charge in [-0.25, -0.2) is 4.79 Å². The maximum atomic E-state index is 12.9. The molecule has 5 unspecified atom stereocenters. The van der Waals surface area contributed by atoms with Crippen LogP contribution in [-0.4, -0.2) is 69.9 Å². The number of aliphatic carboxylic acids is 2. The zero-order valence-corrected chi connectivity index (χ0v) is 20.0. The summed E-state index contributed by atoms with van der Waals surface area (Å²) in [5.41, 5.74) is 10.9. The van der Waals surface area contributed by atoms with E-state index in [1.807, 2.05) is 0 Å². The molecule has 0 bridgehead atoms. The average Bonchev–Trinajstić information content (AvgIpc) is 2.75. The summed E-state index contributed by atoms with van der Waals surface area (Å²) in [6.07, 6.45) is -0.815. The van der Waals surface area contributed by atoms with Gasteiger partial charge in [-0.2, -0.15) is 0 Å². The third-order valence-electron chi connectivity index (χ3n) is 5.39. The molecule has 0 aromatic rings. The van der Waals surface area contributed by atoms with E-state index >= 15 is 0 Å². The first kappa shape index (κ1) is 30.8. The monoisotopic (exact) mass is 487 g/mol. The molecule has 13 heteroatoms. The van der Waals surface area contributed by atoms with Crippen molar-refractivity contribution in [2.24, 2.45) is 23.3 Å². The highest BCUT2D eigenvalue weighted by atomic mass is 16.4. The second-order valence-corrected chi connectivity index (χ2v) is 8.54. The van der Waals surface area contributed by atoms with Crippen LogP contribution >= 0.6 is 0 Å². The van der Waals surface area contributed by atoms with Crippen LogP contribution < -0.4 is 27.4 Å². The molecule has 4 amide bonds. The number of nitrogens with two attached hydrogens (primary N) is 2. The van der Waals surface area contributed by atoms with Gasteiger partial charge in [0.05, 0.1) is 6.04 Å². The first-order valence-electron chi connectivity index (χ1n) is 11.1. The lowest BCUT2D eigenvalue weighted by Gasteiger charge is -2.26. The standard InChI is InChI=1S/C21H37N5O8/c1-5-11(4)17(21(33)34)26-19(31)13(7-9-15(28)29)24-18(30)12(6-8-14(22)27)25-20(32)16(23)10(2)3/h10-13,16-17H,5-9,23H2,1-4H3,(H2,22,27)(H,24,30)(H,25,32)(H,26,31)(H,28,29)(H,33,34). The Balaban J connectivity index is 5.69. The molecule has 0 rings (SSSR count). The molecule has 0 aromatic heterocycles. The Bertz CT molecular complexity index is 757. The summed E-state index contributed by atoms with van der Waals surface area (Å²) < 4.78 is 0. The minimum atomic E-state index is -1.40. The van der Waals surface area contributed by atoms with Gasteiger partial charge in [0.1, 0.15) is 18.1 Å². The molecule has 13 nitrogen and oxygen atoms in total. The zero-order valence-electron chi connectivity index (χ0n) is 20.0. The quantitative estimate of drug-likeness (QED) is 0.137. The van der Waals surface area contributed by atoms with Crippen molar-refractivity contribution in [1.82, 2.24) is 16.0 Å². The average molecular weight is 488 g/mol. The van der Waals surface area contributed by atoms with Gasteiger partial charge in [-0.15, -0.1) is 0 Å². The molecule has 0 aliphatic heterocycles. The van der Waals surface area contributed by atoms with Crippen LogP contribution in [0.2, 0.25) is 0 Å². The maximum Gasteiger partial charge on any atom is 0.326 e. The zero-order chi connectivity index (χ0) is 26.6. The molecule has 194 valence electrons. The van der Waals surface area contributed by atoms with Crippen LogP contribution in [0.25, 0.3) is 0 Å². The van der Waals surface area contributed by atoms with Crippen LogP contribution in [-0.2, 0) is 28.8 Å². The van der Waals surface area contributed by atoms with Crippen molar-refractivity contribution < 1.29 is 39.0 Å². The number of carbonyl (C=O) groups is 6. The molecular weight excluding hydrogens is 450 g/mol. The first-order valence-corrected chi connectivity index (χ1v) is 11.1. The Labute approximate surface area is 198 Å². The Morgan fingerprint density at radius 2 is 1.26 bits per heavy atom. The van der Waals surface area contributed by atoms with E-state index in [2.05, 4.69) is 16.0 Å². The highest BCUT2D eigenvalue weighted by molar-refractivity contribution is 5.94. The fourth-order valence-electron chi connectivity index (χ4n) is 2.87. The molecule has 0 aliphatic carbocycles. The molecule has 0 spiro atoms. The Kier molecular flexibility index (Phi) is 13.4. The number of amides is 4. The maximum absolute atomic E-state index is 12.9. The van der Waals surface area contributed by atoms with E-state index in [9.17, 15) is 33.9 Å². The van der Waals surface area contributed by atoms with Gasteiger partial charge in [0.2, 0.25) is 23.6 Å². The van der Waals surface area contributed by atoms with Crippen molar-refractivity contribution in [3.05, 3.63) is 0 Å². The molecule has 0 heterocycles. The van der Waals surface area contributed by atoms with Gasteiger partial charge in [-0.3, -0.25) is 24.0 Å². The predicted molar refractivity (Wildman–Crippen MR) is 121 cm³/mol. The van der Waals surface area contributed by atoms with Crippen molar-refractivity contribution in [3.63, 3.8) is 0 Å². The van der Waals surface area contributed by atoms with Gasteiger partial charge in [0, 0.05) is 12.8 Å². The highest BCUT2D eigenvalue weighted by Crippen LogP contribution is 2.10. The second-order valence-electron chi connectivity index (χ2n) is 8.54. The normalized spacial score (nSPS) is 15.4. The molecule has 0 saturated carbocycles. The van der Waals surface area contributed by atoms with E-state index in [1.54, 1.807) is 27.7 Å². The van der Waals surface area contributed by atoms with Crippen molar-refractivity contribution in [1.29, 1.82) is 0 Å². The fraction of sp³-hybridized carbons (Fsp3) is 0.714. The topological polar surface area (TPSA) is 231 Å². The largest absolute Gasteiger partial charge is 0.481 e. The van der Waals surface area contributed by atoms with Gasteiger partial charge in [0.25, 0.3) is 0 Å². The Hall–Kier alpha value is -3.22. The number of rotatable bonds is 16. The minimum Gasteiger partial charge on any atom is -0.481 e. The molecule has 0 fully saturated rings. The van der Waals surface area contributed by atoms with E-state index in [-0.39, 0.29) is 25.2 Å². The van der Waals surface area contributed by atoms with E-state index in [1.165, 1.54) is 0 Å². The van der Waals surface area contributed by atoms with Crippen molar-refractivity contribution in [2.45, 2.75) is 84.0 Å². The molecule has 34 heavy (non-hydrogen) atoms. The third kappa shape index (κ3) is 11.1. The van der Waals surface area contributed by atoms with Crippen molar-refractivity contribution in [3.8, 4) is 0 Å². The van der Waals surface area contributed by atoms with Gasteiger partial charge < -0.3 is 37.6 Å². The Morgan fingerprint density at radius 1 is 0.794 bits per heavy atom. The van der Waals surface area contributed by atoms with E-state index < -0.39 is 72.1 Å². The SMILES string of the molecule is CCC(C)C(NC(=O)C(CCC(=O)O)NC(=O)C(CCC(N)=O)NC(=O)C(N)C(C)C)C(=O)O. The summed E-state index contributed by atoms with van der Waals surface area (Å²) in [7, 11) is 0. The number of primary amides is 1. The molecular formula is C21H37N5O8. The van der Waals surface area contributed by atoms with Gasteiger partial charge >= 0.3 is 11.9 Å². The summed E-state index contributed by atoms with van der Waals surface area (Å²) in [6.45, 7) is 6.76. The van der Waals surface area contributed by atoms with E-state index in [0.717, 1.165) is 0 Å². The lowest BCUT2D eigenvalue weighted by atomic mass is 9.98. The number of carboxylic acids is 2. The summed E-state index contributed by atoms with van der Waals surface area (Å²) in [4.78, 5) is 71.8. The second kappa shape index (κ2) is 14.8. The summed E-state index contributed by atoms with van der Waals surface area (Å²) in [5.74, 6) is -6.33. The first-order chi connectivity index (χ1) is 15.7. The minimum absolute atomic E-state index is 0.185. The van der Waals surface area contributed by atoms with Crippen LogP contribution in [0, 0.1) is 11.8 Å². The lowest BCUT2D eigenvalue weighted by Crippen LogP contribution is -2.58. The van der Waals surface area contributed by atoms with E-state index in [4.69, 9.17) is 16.6 Å². The lowest BCUT2D eigenvalue weighted by molar-refractivity contribution is -0.144. The number of hydrogen-bond donors (Lipinski definition) is 7. The molecule has 0 aliphatic rings. The van der Waals surface area contributed by atoms with Crippen molar-refractivity contribution >= 4 is 35.6 Å². The molecule has 5 atom stereocenters. The van der Waals surface area contributed by atoms with Crippen molar-refractivity contribution in [2.75, 3.05) is 0 Å².